The zero-order valence-electron chi connectivity index (χ0n) is 10.1. The lowest BCUT2D eigenvalue weighted by molar-refractivity contribution is -0.123. The molecule has 0 unspecified atom stereocenters. The van der Waals surface area contributed by atoms with Gasteiger partial charge in [0.1, 0.15) is 11.3 Å². The van der Waals surface area contributed by atoms with Crippen LogP contribution < -0.4 is 15.5 Å². The van der Waals surface area contributed by atoms with Gasteiger partial charge >= 0.3 is 0 Å². The van der Waals surface area contributed by atoms with Crippen molar-refractivity contribution in [2.75, 3.05) is 19.0 Å². The molecular weight excluding hydrogens is 334 g/mol. The number of nitrogens with one attached hydrogen (secondary N) is 2. The summed E-state index contributed by atoms with van der Waals surface area (Å²) in [6, 6.07) is 1.68. The number of halogens is 1. The summed E-state index contributed by atoms with van der Waals surface area (Å²) in [6.07, 6.45) is 1.37. The maximum atomic E-state index is 11.7. The Morgan fingerprint density at radius 3 is 2.37 bits per heavy atom. The van der Waals surface area contributed by atoms with Crippen molar-refractivity contribution in [2.45, 2.75) is 0 Å². The van der Waals surface area contributed by atoms with E-state index in [0.717, 1.165) is 4.47 Å². The minimum absolute atomic E-state index is 0.00163. The SMILES string of the molecule is CN(C)c1oc(C=C2C(=O)NC(=S)NC2=O)cc1Br. The third kappa shape index (κ3) is 2.85. The molecular formula is C11H10BrN3O3S. The Hall–Kier alpha value is -1.67. The average molecular weight is 344 g/mol. The number of carbonyl (C=O) groups is 2. The van der Waals surface area contributed by atoms with E-state index in [0.29, 0.717) is 11.6 Å². The van der Waals surface area contributed by atoms with Gasteiger partial charge in [0, 0.05) is 20.2 Å². The van der Waals surface area contributed by atoms with Gasteiger partial charge in [0.15, 0.2) is 5.11 Å². The van der Waals surface area contributed by atoms with Gasteiger partial charge in [-0.25, -0.2) is 0 Å². The smallest absolute Gasteiger partial charge is 0.263 e. The molecule has 1 aromatic rings. The van der Waals surface area contributed by atoms with E-state index in [1.54, 1.807) is 11.0 Å². The molecule has 6 nitrogen and oxygen atoms in total. The van der Waals surface area contributed by atoms with E-state index >= 15 is 0 Å². The summed E-state index contributed by atoms with van der Waals surface area (Å²) >= 11 is 8.04. The summed E-state index contributed by atoms with van der Waals surface area (Å²) in [5, 5.41) is 4.71. The molecule has 8 heteroatoms. The van der Waals surface area contributed by atoms with Crippen LogP contribution in [0.15, 0.2) is 20.5 Å². The second kappa shape index (κ2) is 5.14. The molecule has 1 aliphatic heterocycles. The lowest BCUT2D eigenvalue weighted by atomic mass is 10.1. The lowest BCUT2D eigenvalue weighted by Gasteiger charge is -2.15. The van der Waals surface area contributed by atoms with Crippen LogP contribution >= 0.6 is 28.1 Å². The van der Waals surface area contributed by atoms with Gasteiger partial charge in [-0.2, -0.15) is 0 Å². The fourth-order valence-electron chi connectivity index (χ4n) is 1.50. The number of rotatable bonds is 2. The summed E-state index contributed by atoms with van der Waals surface area (Å²) in [5.41, 5.74) is -0.0554. The zero-order chi connectivity index (χ0) is 14.2. The van der Waals surface area contributed by atoms with Gasteiger partial charge in [0.2, 0.25) is 5.88 Å². The van der Waals surface area contributed by atoms with E-state index in [1.165, 1.54) is 6.08 Å². The summed E-state index contributed by atoms with van der Waals surface area (Å²) in [7, 11) is 3.64. The van der Waals surface area contributed by atoms with Gasteiger partial charge in [0.25, 0.3) is 11.8 Å². The fraction of sp³-hybridized carbons (Fsp3) is 0.182. The summed E-state index contributed by atoms with van der Waals surface area (Å²) in [6.45, 7) is 0. The number of nitrogens with zero attached hydrogens (tertiary/aromatic N) is 1. The predicted molar refractivity (Wildman–Crippen MR) is 77.6 cm³/mol. The Labute approximate surface area is 122 Å². The molecule has 1 fully saturated rings. The first-order chi connectivity index (χ1) is 8.88. The Balaban J connectivity index is 2.35. The Morgan fingerprint density at radius 1 is 1.32 bits per heavy atom. The van der Waals surface area contributed by atoms with Gasteiger partial charge < -0.3 is 9.32 Å². The molecule has 1 aromatic heterocycles. The third-order valence-electron chi connectivity index (χ3n) is 2.32. The molecule has 1 saturated heterocycles. The first kappa shape index (κ1) is 13.8. The summed E-state index contributed by atoms with van der Waals surface area (Å²) in [4.78, 5) is 25.1. The summed E-state index contributed by atoms with van der Waals surface area (Å²) in [5.74, 6) is -0.108. The molecule has 0 spiro atoms. The first-order valence-corrected chi connectivity index (χ1v) is 6.43. The second-order valence-corrected chi connectivity index (χ2v) is 5.25. The van der Waals surface area contributed by atoms with Crippen LogP contribution in [0.3, 0.4) is 0 Å². The molecule has 0 atom stereocenters. The van der Waals surface area contributed by atoms with E-state index in [1.807, 2.05) is 14.1 Å². The summed E-state index contributed by atoms with van der Waals surface area (Å²) < 4.78 is 6.24. The Kier molecular flexibility index (Phi) is 3.72. The average Bonchev–Trinajstić information content (AvgIpc) is 2.65. The number of furan rings is 1. The molecule has 2 rings (SSSR count). The van der Waals surface area contributed by atoms with Crippen molar-refractivity contribution in [2.24, 2.45) is 0 Å². The normalized spacial score (nSPS) is 15.1. The monoisotopic (exact) mass is 343 g/mol. The maximum absolute atomic E-state index is 11.7. The van der Waals surface area contributed by atoms with Crippen LogP contribution in [0.2, 0.25) is 0 Å². The Morgan fingerprint density at radius 2 is 1.89 bits per heavy atom. The molecule has 0 radical (unpaired) electrons. The minimum atomic E-state index is -0.548. The van der Waals surface area contributed by atoms with Crippen molar-refractivity contribution in [3.8, 4) is 0 Å². The third-order valence-corrected chi connectivity index (χ3v) is 3.10. The van der Waals surface area contributed by atoms with Crippen LogP contribution in [0.1, 0.15) is 5.76 Å². The highest BCUT2D eigenvalue weighted by atomic mass is 79.9. The molecule has 0 aliphatic carbocycles. The minimum Gasteiger partial charge on any atom is -0.440 e. The molecule has 100 valence electrons. The Bertz CT molecular complexity index is 584. The van der Waals surface area contributed by atoms with Crippen LogP contribution in [0, 0.1) is 0 Å². The lowest BCUT2D eigenvalue weighted by Crippen LogP contribution is -2.51. The highest BCUT2D eigenvalue weighted by Gasteiger charge is 2.26. The van der Waals surface area contributed by atoms with E-state index in [-0.39, 0.29) is 10.7 Å². The maximum Gasteiger partial charge on any atom is 0.263 e. The van der Waals surface area contributed by atoms with E-state index in [4.69, 9.17) is 16.6 Å². The van der Waals surface area contributed by atoms with Crippen LogP contribution in [0.4, 0.5) is 5.88 Å². The number of carbonyl (C=O) groups excluding carboxylic acids is 2. The number of amides is 2. The highest BCUT2D eigenvalue weighted by Crippen LogP contribution is 2.30. The van der Waals surface area contributed by atoms with Crippen molar-refractivity contribution in [3.63, 3.8) is 0 Å². The van der Waals surface area contributed by atoms with Crippen LogP contribution in [0.25, 0.3) is 6.08 Å². The van der Waals surface area contributed by atoms with Crippen molar-refractivity contribution < 1.29 is 14.0 Å². The number of hydrogen-bond donors (Lipinski definition) is 2. The van der Waals surface area contributed by atoms with Crippen LogP contribution in [-0.2, 0) is 9.59 Å². The molecule has 0 bridgehead atoms. The molecule has 2 N–H and O–H groups in total. The molecule has 2 amide bonds. The van der Waals surface area contributed by atoms with Gasteiger partial charge in [0.05, 0.1) is 4.47 Å². The first-order valence-electron chi connectivity index (χ1n) is 5.23. The fourth-order valence-corrected chi connectivity index (χ4v) is 2.35. The topological polar surface area (TPSA) is 74.6 Å². The quantitative estimate of drug-likeness (QED) is 0.476. The van der Waals surface area contributed by atoms with Gasteiger partial charge in [-0.1, -0.05) is 0 Å². The van der Waals surface area contributed by atoms with E-state index < -0.39 is 11.8 Å². The van der Waals surface area contributed by atoms with Gasteiger partial charge in [-0.3, -0.25) is 20.2 Å². The van der Waals surface area contributed by atoms with Crippen molar-refractivity contribution >= 4 is 57.0 Å². The second-order valence-electron chi connectivity index (χ2n) is 3.99. The molecule has 19 heavy (non-hydrogen) atoms. The van der Waals surface area contributed by atoms with Crippen molar-refractivity contribution in [3.05, 3.63) is 21.9 Å². The van der Waals surface area contributed by atoms with Crippen LogP contribution in [-0.4, -0.2) is 31.0 Å². The largest absolute Gasteiger partial charge is 0.440 e. The molecule has 0 saturated carbocycles. The van der Waals surface area contributed by atoms with Crippen molar-refractivity contribution in [1.29, 1.82) is 0 Å². The zero-order valence-corrected chi connectivity index (χ0v) is 12.5. The van der Waals surface area contributed by atoms with E-state index in [2.05, 4.69) is 26.6 Å². The van der Waals surface area contributed by atoms with Crippen molar-refractivity contribution in [1.82, 2.24) is 10.6 Å². The van der Waals surface area contributed by atoms with Gasteiger partial charge in [-0.05, 0) is 34.2 Å². The highest BCUT2D eigenvalue weighted by molar-refractivity contribution is 9.10. The standard InChI is InChI=1S/C11H10BrN3O3S/c1-15(2)10-7(12)4-5(18-10)3-6-8(16)13-11(19)14-9(6)17/h3-4H,1-2H3,(H2,13,14,16,17,19). The van der Waals surface area contributed by atoms with Crippen LogP contribution in [0.5, 0.6) is 0 Å². The van der Waals surface area contributed by atoms with E-state index in [9.17, 15) is 9.59 Å². The van der Waals surface area contributed by atoms with Gasteiger partial charge in [-0.15, -0.1) is 0 Å². The molecule has 2 heterocycles. The number of thiocarbonyl (C=S) groups is 1. The molecule has 0 aromatic carbocycles. The number of anilines is 1. The number of hydrogen-bond acceptors (Lipinski definition) is 5. The molecule has 1 aliphatic rings. The predicted octanol–water partition coefficient (Wildman–Crippen LogP) is 1.02.